The van der Waals surface area contributed by atoms with Crippen molar-refractivity contribution in [2.45, 2.75) is 19.8 Å². The van der Waals surface area contributed by atoms with Crippen LogP contribution in [0.25, 0.3) is 0 Å². The Morgan fingerprint density at radius 3 is 2.85 bits per heavy atom. The molecule has 26 heavy (non-hydrogen) atoms. The minimum atomic E-state index is -0.228. The third-order valence-electron chi connectivity index (χ3n) is 3.97. The van der Waals surface area contributed by atoms with Crippen LogP contribution in [0.4, 0.5) is 17.5 Å². The molecule has 1 amide bonds. The fourth-order valence-electron chi connectivity index (χ4n) is 2.67. The van der Waals surface area contributed by atoms with Crippen LogP contribution in [0.2, 0.25) is 0 Å². The average molecular weight is 377 g/mol. The van der Waals surface area contributed by atoms with E-state index in [0.29, 0.717) is 35.5 Å². The van der Waals surface area contributed by atoms with E-state index in [9.17, 15) is 4.79 Å². The van der Waals surface area contributed by atoms with E-state index in [1.54, 1.807) is 6.20 Å². The molecule has 1 fully saturated rings. The molecule has 1 aliphatic heterocycles. The summed E-state index contributed by atoms with van der Waals surface area (Å²) in [5.41, 5.74) is 1.29. The van der Waals surface area contributed by atoms with Gasteiger partial charge in [-0.25, -0.2) is 4.98 Å². The average Bonchev–Trinajstić information content (AvgIpc) is 3.11. The number of aromatic nitrogens is 4. The summed E-state index contributed by atoms with van der Waals surface area (Å²) in [6.45, 7) is 4.88. The molecular formula is C16H23N7O2S. The van der Waals surface area contributed by atoms with Gasteiger partial charge in [-0.15, -0.1) is 5.10 Å². The summed E-state index contributed by atoms with van der Waals surface area (Å²) in [7, 11) is 3.77. The Balaban J connectivity index is 1.82. The van der Waals surface area contributed by atoms with Crippen LogP contribution in [-0.2, 0) is 11.2 Å². The molecule has 1 aliphatic rings. The normalized spacial score (nSPS) is 14.3. The molecule has 3 rings (SSSR count). The Labute approximate surface area is 156 Å². The number of rotatable bonds is 6. The Bertz CT molecular complexity index is 759. The van der Waals surface area contributed by atoms with Gasteiger partial charge in [0.25, 0.3) is 5.91 Å². The fraction of sp³-hybridized carbons (Fsp3) is 0.562. The van der Waals surface area contributed by atoms with Crippen molar-refractivity contribution < 1.29 is 9.53 Å². The van der Waals surface area contributed by atoms with Crippen LogP contribution in [0, 0.1) is 0 Å². The molecule has 0 spiro atoms. The number of hydrogen-bond donors (Lipinski definition) is 1. The van der Waals surface area contributed by atoms with Gasteiger partial charge >= 0.3 is 0 Å². The number of nitrogens with zero attached hydrogens (tertiary/aromatic N) is 6. The standard InChI is InChI=1S/C16H23N7O2S/c1-4-5-11-13(26-21-20-11)15(24)18-12-10-17-16(19-14(12)22(2)3)23-6-8-25-9-7-23/h10H,4-9H2,1-3H3,(H,18,24). The van der Waals surface area contributed by atoms with Crippen LogP contribution in [0.1, 0.15) is 28.7 Å². The molecule has 3 heterocycles. The van der Waals surface area contributed by atoms with Crippen molar-refractivity contribution in [1.29, 1.82) is 0 Å². The molecule has 1 saturated heterocycles. The summed E-state index contributed by atoms with van der Waals surface area (Å²) in [6.07, 6.45) is 3.29. The molecule has 140 valence electrons. The van der Waals surface area contributed by atoms with Crippen LogP contribution in [0.5, 0.6) is 0 Å². The second kappa shape index (κ2) is 8.37. The van der Waals surface area contributed by atoms with Gasteiger partial charge in [0, 0.05) is 27.2 Å². The molecule has 0 unspecified atom stereocenters. The monoisotopic (exact) mass is 377 g/mol. The van der Waals surface area contributed by atoms with Crippen molar-refractivity contribution in [1.82, 2.24) is 19.6 Å². The van der Waals surface area contributed by atoms with Crippen molar-refractivity contribution >= 4 is 34.9 Å². The van der Waals surface area contributed by atoms with E-state index >= 15 is 0 Å². The number of hydrogen-bond acceptors (Lipinski definition) is 9. The second-order valence-corrected chi connectivity index (χ2v) is 6.91. The van der Waals surface area contributed by atoms with Crippen LogP contribution < -0.4 is 15.1 Å². The Morgan fingerprint density at radius 2 is 2.15 bits per heavy atom. The van der Waals surface area contributed by atoms with Crippen LogP contribution in [-0.4, -0.2) is 65.9 Å². The summed E-state index contributed by atoms with van der Waals surface area (Å²) in [6, 6.07) is 0. The summed E-state index contributed by atoms with van der Waals surface area (Å²) in [5.74, 6) is 1.07. The Kier molecular flexibility index (Phi) is 5.94. The molecule has 2 aromatic heterocycles. The smallest absolute Gasteiger partial charge is 0.269 e. The van der Waals surface area contributed by atoms with Gasteiger partial charge in [0.05, 0.1) is 25.1 Å². The number of amides is 1. The number of anilines is 3. The number of carbonyl (C=O) groups is 1. The SMILES string of the molecule is CCCc1nnsc1C(=O)Nc1cnc(N2CCOCC2)nc1N(C)C. The molecule has 10 heteroatoms. The first-order valence-electron chi connectivity index (χ1n) is 8.59. The van der Waals surface area contributed by atoms with Gasteiger partial charge in [-0.2, -0.15) is 4.98 Å². The van der Waals surface area contributed by atoms with Gasteiger partial charge in [0.2, 0.25) is 5.95 Å². The van der Waals surface area contributed by atoms with Gasteiger partial charge in [-0.05, 0) is 18.0 Å². The minimum absolute atomic E-state index is 0.228. The first-order chi connectivity index (χ1) is 12.6. The van der Waals surface area contributed by atoms with Crippen LogP contribution in [0.15, 0.2) is 6.20 Å². The number of aryl methyl sites for hydroxylation is 1. The molecule has 1 N–H and O–H groups in total. The number of ether oxygens (including phenoxy) is 1. The molecule has 0 bridgehead atoms. The van der Waals surface area contributed by atoms with Gasteiger partial charge in [0.15, 0.2) is 5.82 Å². The lowest BCUT2D eigenvalue weighted by molar-refractivity contribution is 0.102. The molecule has 2 aromatic rings. The molecule has 9 nitrogen and oxygen atoms in total. The largest absolute Gasteiger partial charge is 0.378 e. The second-order valence-electron chi connectivity index (χ2n) is 6.15. The fourth-order valence-corrected chi connectivity index (χ4v) is 3.27. The maximum absolute atomic E-state index is 12.7. The van der Waals surface area contributed by atoms with E-state index in [0.717, 1.165) is 43.2 Å². The van der Waals surface area contributed by atoms with Crippen molar-refractivity contribution in [3.05, 3.63) is 16.8 Å². The summed E-state index contributed by atoms with van der Waals surface area (Å²) < 4.78 is 9.28. The lowest BCUT2D eigenvalue weighted by atomic mass is 10.2. The molecular weight excluding hydrogens is 354 g/mol. The first-order valence-corrected chi connectivity index (χ1v) is 9.37. The molecule has 0 atom stereocenters. The Morgan fingerprint density at radius 1 is 1.38 bits per heavy atom. The van der Waals surface area contributed by atoms with E-state index in [1.807, 2.05) is 25.9 Å². The maximum Gasteiger partial charge on any atom is 0.269 e. The van der Waals surface area contributed by atoms with Gasteiger partial charge < -0.3 is 19.9 Å². The quantitative estimate of drug-likeness (QED) is 0.808. The van der Waals surface area contributed by atoms with E-state index in [1.165, 1.54) is 0 Å². The van der Waals surface area contributed by atoms with Crippen molar-refractivity contribution in [3.8, 4) is 0 Å². The number of morpholine rings is 1. The lowest BCUT2D eigenvalue weighted by Gasteiger charge is -2.28. The van der Waals surface area contributed by atoms with E-state index in [4.69, 9.17) is 4.74 Å². The minimum Gasteiger partial charge on any atom is -0.378 e. The highest BCUT2D eigenvalue weighted by atomic mass is 32.1. The van der Waals surface area contributed by atoms with Crippen LogP contribution in [0.3, 0.4) is 0 Å². The number of carbonyl (C=O) groups excluding carboxylic acids is 1. The van der Waals surface area contributed by atoms with Gasteiger partial charge in [-0.1, -0.05) is 17.8 Å². The number of nitrogens with one attached hydrogen (secondary N) is 1. The predicted octanol–water partition coefficient (Wildman–Crippen LogP) is 1.44. The van der Waals surface area contributed by atoms with Crippen molar-refractivity contribution in [3.63, 3.8) is 0 Å². The van der Waals surface area contributed by atoms with Crippen molar-refractivity contribution in [2.24, 2.45) is 0 Å². The first kappa shape index (κ1) is 18.5. The third kappa shape index (κ3) is 4.07. The zero-order valence-electron chi connectivity index (χ0n) is 15.2. The Hall–Kier alpha value is -2.33. The highest BCUT2D eigenvalue weighted by Crippen LogP contribution is 2.25. The lowest BCUT2D eigenvalue weighted by Crippen LogP contribution is -2.37. The zero-order valence-corrected chi connectivity index (χ0v) is 16.0. The van der Waals surface area contributed by atoms with E-state index in [-0.39, 0.29) is 5.91 Å². The highest BCUT2D eigenvalue weighted by molar-refractivity contribution is 7.08. The van der Waals surface area contributed by atoms with Crippen molar-refractivity contribution in [2.75, 3.05) is 55.5 Å². The van der Waals surface area contributed by atoms with Gasteiger partial charge in [0.1, 0.15) is 10.6 Å². The summed E-state index contributed by atoms with van der Waals surface area (Å²) >= 11 is 1.11. The third-order valence-corrected chi connectivity index (χ3v) is 4.74. The topological polar surface area (TPSA) is 96.4 Å². The molecule has 0 saturated carbocycles. The van der Waals surface area contributed by atoms with Crippen LogP contribution >= 0.6 is 11.5 Å². The summed E-state index contributed by atoms with van der Waals surface area (Å²) in [4.78, 5) is 26.2. The van der Waals surface area contributed by atoms with E-state index in [2.05, 4.69) is 29.8 Å². The highest BCUT2D eigenvalue weighted by Gasteiger charge is 2.20. The van der Waals surface area contributed by atoms with E-state index < -0.39 is 0 Å². The molecule has 0 aromatic carbocycles. The zero-order chi connectivity index (χ0) is 18.5. The maximum atomic E-state index is 12.7. The summed E-state index contributed by atoms with van der Waals surface area (Å²) in [5, 5.41) is 6.95. The predicted molar refractivity (Wildman–Crippen MR) is 101 cm³/mol. The van der Waals surface area contributed by atoms with Gasteiger partial charge in [-0.3, -0.25) is 4.79 Å². The molecule has 0 aliphatic carbocycles. The molecule has 0 radical (unpaired) electrons.